The molecular formula is C24H25N3O4. The number of nitrogens with one attached hydrogen (secondary N) is 2. The first-order chi connectivity index (χ1) is 14.9. The molecule has 160 valence electrons. The standard InChI is InChI=1S/C24H25N3O4/c1-16-9-17(2)11-19(10-16)24(29)26-14-23(28)27-20-6-7-21(30-3)22(12-20)31-15-18-5-4-8-25-13-18/h4-13H,14-15H2,1-3H3,(H,26,29)(H,27,28). The second kappa shape index (κ2) is 10.2. The first-order valence-corrected chi connectivity index (χ1v) is 9.80. The Kier molecular flexibility index (Phi) is 7.22. The maximum absolute atomic E-state index is 12.3. The number of hydrogen-bond acceptors (Lipinski definition) is 5. The van der Waals surface area contributed by atoms with Gasteiger partial charge in [-0.2, -0.15) is 0 Å². The van der Waals surface area contributed by atoms with E-state index >= 15 is 0 Å². The maximum Gasteiger partial charge on any atom is 0.251 e. The highest BCUT2D eigenvalue weighted by atomic mass is 16.5. The number of aryl methyl sites for hydroxylation is 2. The number of rotatable bonds is 8. The number of benzene rings is 2. The fourth-order valence-electron chi connectivity index (χ4n) is 3.09. The summed E-state index contributed by atoms with van der Waals surface area (Å²) in [5.74, 6) is 0.395. The van der Waals surface area contributed by atoms with Crippen molar-refractivity contribution in [3.8, 4) is 11.5 Å². The Morgan fingerprint density at radius 3 is 2.45 bits per heavy atom. The van der Waals surface area contributed by atoms with Crippen molar-refractivity contribution in [1.82, 2.24) is 10.3 Å². The van der Waals surface area contributed by atoms with Crippen LogP contribution in [0.5, 0.6) is 11.5 Å². The zero-order valence-electron chi connectivity index (χ0n) is 17.8. The molecule has 2 N–H and O–H groups in total. The van der Waals surface area contributed by atoms with Crippen molar-refractivity contribution in [1.29, 1.82) is 0 Å². The highest BCUT2D eigenvalue weighted by molar-refractivity contribution is 5.99. The molecule has 31 heavy (non-hydrogen) atoms. The summed E-state index contributed by atoms with van der Waals surface area (Å²) in [6.45, 7) is 4.01. The minimum absolute atomic E-state index is 0.149. The van der Waals surface area contributed by atoms with E-state index < -0.39 is 0 Å². The summed E-state index contributed by atoms with van der Waals surface area (Å²) >= 11 is 0. The van der Waals surface area contributed by atoms with E-state index in [1.54, 1.807) is 49.8 Å². The third kappa shape index (κ3) is 6.30. The van der Waals surface area contributed by atoms with Crippen LogP contribution in [-0.2, 0) is 11.4 Å². The Bertz CT molecular complexity index is 1050. The van der Waals surface area contributed by atoms with Gasteiger partial charge in [0.25, 0.3) is 5.91 Å². The molecule has 0 bridgehead atoms. The molecule has 7 nitrogen and oxygen atoms in total. The van der Waals surface area contributed by atoms with Crippen LogP contribution in [0.2, 0.25) is 0 Å². The van der Waals surface area contributed by atoms with Crippen LogP contribution in [0.4, 0.5) is 5.69 Å². The van der Waals surface area contributed by atoms with Gasteiger partial charge in [0.15, 0.2) is 11.5 Å². The van der Waals surface area contributed by atoms with E-state index in [2.05, 4.69) is 15.6 Å². The van der Waals surface area contributed by atoms with Gasteiger partial charge in [0.1, 0.15) is 6.61 Å². The van der Waals surface area contributed by atoms with Crippen LogP contribution in [0.3, 0.4) is 0 Å². The normalized spacial score (nSPS) is 10.3. The minimum Gasteiger partial charge on any atom is -0.493 e. The molecule has 1 aromatic heterocycles. The van der Waals surface area contributed by atoms with Crippen LogP contribution in [-0.4, -0.2) is 30.5 Å². The number of ether oxygens (including phenoxy) is 2. The Balaban J connectivity index is 1.59. The average molecular weight is 419 g/mol. The minimum atomic E-state index is -0.346. The molecule has 0 saturated heterocycles. The Morgan fingerprint density at radius 2 is 1.77 bits per heavy atom. The second-order valence-corrected chi connectivity index (χ2v) is 7.12. The lowest BCUT2D eigenvalue weighted by Crippen LogP contribution is -2.32. The topological polar surface area (TPSA) is 89.6 Å². The zero-order chi connectivity index (χ0) is 22.2. The van der Waals surface area contributed by atoms with E-state index in [4.69, 9.17) is 9.47 Å². The molecular weight excluding hydrogens is 394 g/mol. The van der Waals surface area contributed by atoms with E-state index in [0.717, 1.165) is 16.7 Å². The van der Waals surface area contributed by atoms with E-state index in [-0.39, 0.29) is 18.4 Å². The number of hydrogen-bond donors (Lipinski definition) is 2. The zero-order valence-corrected chi connectivity index (χ0v) is 17.8. The number of pyridine rings is 1. The molecule has 0 aliphatic rings. The quantitative estimate of drug-likeness (QED) is 0.582. The van der Waals surface area contributed by atoms with E-state index in [0.29, 0.717) is 29.4 Å². The molecule has 7 heteroatoms. The lowest BCUT2D eigenvalue weighted by atomic mass is 10.1. The van der Waals surface area contributed by atoms with Crippen molar-refractivity contribution in [2.75, 3.05) is 19.0 Å². The van der Waals surface area contributed by atoms with Crippen LogP contribution >= 0.6 is 0 Å². The fraction of sp³-hybridized carbons (Fsp3) is 0.208. The number of anilines is 1. The molecule has 0 radical (unpaired) electrons. The van der Waals surface area contributed by atoms with Gasteiger partial charge in [-0.25, -0.2) is 0 Å². The predicted molar refractivity (Wildman–Crippen MR) is 118 cm³/mol. The second-order valence-electron chi connectivity index (χ2n) is 7.12. The van der Waals surface area contributed by atoms with Gasteiger partial charge in [0.05, 0.1) is 13.7 Å². The summed E-state index contributed by atoms with van der Waals surface area (Å²) in [5.41, 5.74) is 3.96. The maximum atomic E-state index is 12.3. The van der Waals surface area contributed by atoms with Crippen molar-refractivity contribution >= 4 is 17.5 Å². The molecule has 0 aliphatic carbocycles. The number of carbonyl (C=O) groups is 2. The van der Waals surface area contributed by atoms with Crippen molar-refractivity contribution in [3.05, 3.63) is 83.2 Å². The molecule has 3 rings (SSSR count). The van der Waals surface area contributed by atoms with Gasteiger partial charge in [0.2, 0.25) is 5.91 Å². The van der Waals surface area contributed by atoms with Crippen molar-refractivity contribution in [2.45, 2.75) is 20.5 Å². The van der Waals surface area contributed by atoms with Crippen molar-refractivity contribution in [3.63, 3.8) is 0 Å². The monoisotopic (exact) mass is 419 g/mol. The SMILES string of the molecule is COc1ccc(NC(=O)CNC(=O)c2cc(C)cc(C)c2)cc1OCc1cccnc1. The number of aromatic nitrogens is 1. The fourth-order valence-corrected chi connectivity index (χ4v) is 3.09. The number of carbonyl (C=O) groups excluding carboxylic acids is 2. The van der Waals surface area contributed by atoms with Crippen molar-refractivity contribution < 1.29 is 19.1 Å². The molecule has 0 aliphatic heterocycles. The van der Waals surface area contributed by atoms with E-state index in [9.17, 15) is 9.59 Å². The summed E-state index contributed by atoms with van der Waals surface area (Å²) in [6, 6.07) is 14.4. The van der Waals surface area contributed by atoms with Crippen LogP contribution in [0.15, 0.2) is 60.9 Å². The lowest BCUT2D eigenvalue weighted by molar-refractivity contribution is -0.115. The largest absolute Gasteiger partial charge is 0.493 e. The van der Waals surface area contributed by atoms with Gasteiger partial charge in [0, 0.05) is 35.3 Å². The first-order valence-electron chi connectivity index (χ1n) is 9.80. The van der Waals surface area contributed by atoms with Gasteiger partial charge in [-0.05, 0) is 44.2 Å². The molecule has 2 aromatic carbocycles. The molecule has 0 atom stereocenters. The third-order valence-electron chi connectivity index (χ3n) is 4.46. The van der Waals surface area contributed by atoms with Crippen LogP contribution in [0.25, 0.3) is 0 Å². The van der Waals surface area contributed by atoms with Gasteiger partial charge in [-0.15, -0.1) is 0 Å². The van der Waals surface area contributed by atoms with Crippen LogP contribution in [0, 0.1) is 13.8 Å². The van der Waals surface area contributed by atoms with Crippen LogP contribution < -0.4 is 20.1 Å². The molecule has 2 amide bonds. The van der Waals surface area contributed by atoms with Gasteiger partial charge in [-0.1, -0.05) is 23.3 Å². The summed E-state index contributed by atoms with van der Waals surface area (Å²) in [4.78, 5) is 28.7. The molecule has 0 spiro atoms. The summed E-state index contributed by atoms with van der Waals surface area (Å²) in [7, 11) is 1.55. The summed E-state index contributed by atoms with van der Waals surface area (Å²) < 4.78 is 11.2. The predicted octanol–water partition coefficient (Wildman–Crippen LogP) is 3.65. The van der Waals surface area contributed by atoms with Gasteiger partial charge in [-0.3, -0.25) is 14.6 Å². The molecule has 1 heterocycles. The van der Waals surface area contributed by atoms with Gasteiger partial charge >= 0.3 is 0 Å². The Labute approximate surface area is 181 Å². The number of amides is 2. The molecule has 0 unspecified atom stereocenters. The highest BCUT2D eigenvalue weighted by Crippen LogP contribution is 2.30. The molecule has 0 fully saturated rings. The van der Waals surface area contributed by atoms with E-state index in [1.165, 1.54) is 0 Å². The third-order valence-corrected chi connectivity index (χ3v) is 4.46. The Hall–Kier alpha value is -3.87. The average Bonchev–Trinajstić information content (AvgIpc) is 2.76. The van der Waals surface area contributed by atoms with Crippen LogP contribution in [0.1, 0.15) is 27.0 Å². The first kappa shape index (κ1) is 21.8. The summed E-state index contributed by atoms with van der Waals surface area (Å²) in [5, 5.41) is 5.40. The smallest absolute Gasteiger partial charge is 0.251 e. The Morgan fingerprint density at radius 1 is 1.00 bits per heavy atom. The lowest BCUT2D eigenvalue weighted by Gasteiger charge is -2.13. The molecule has 0 saturated carbocycles. The van der Waals surface area contributed by atoms with Crippen molar-refractivity contribution in [2.24, 2.45) is 0 Å². The van der Waals surface area contributed by atoms with E-state index in [1.807, 2.05) is 32.0 Å². The molecule has 3 aromatic rings. The number of nitrogens with zero attached hydrogens (tertiary/aromatic N) is 1. The number of methoxy groups -OCH3 is 1. The van der Waals surface area contributed by atoms with Gasteiger partial charge < -0.3 is 20.1 Å². The highest BCUT2D eigenvalue weighted by Gasteiger charge is 2.11. The summed E-state index contributed by atoms with van der Waals surface area (Å²) in [6.07, 6.45) is 3.41.